The first-order valence-electron chi connectivity index (χ1n) is 10.6. The number of non-ortho nitro benzene ring substituents is 1. The van der Waals surface area contributed by atoms with Gasteiger partial charge < -0.3 is 10.1 Å². The van der Waals surface area contributed by atoms with E-state index in [1.807, 2.05) is 12.1 Å². The summed E-state index contributed by atoms with van der Waals surface area (Å²) < 4.78 is 6.07. The highest BCUT2D eigenvalue weighted by atomic mass is 16.6. The second kappa shape index (κ2) is 11.5. The van der Waals surface area contributed by atoms with Crippen LogP contribution >= 0.6 is 0 Å². The third-order valence-corrected chi connectivity index (χ3v) is 5.00. The van der Waals surface area contributed by atoms with Crippen molar-refractivity contribution in [1.82, 2.24) is 15.0 Å². The summed E-state index contributed by atoms with van der Waals surface area (Å²) in [5, 5.41) is 22.1. The van der Waals surface area contributed by atoms with E-state index < -0.39 is 4.92 Å². The summed E-state index contributed by atoms with van der Waals surface area (Å²) in [5.74, 6) is -0.293. The number of nitro benzene ring substituents is 1. The summed E-state index contributed by atoms with van der Waals surface area (Å²) in [4.78, 5) is 33.9. The molecule has 3 aromatic rings. The Bertz CT molecular complexity index is 1130. The third-order valence-electron chi connectivity index (χ3n) is 5.00. The molecule has 0 fully saturated rings. The average Bonchev–Trinajstić information content (AvgIpc) is 3.32. The molecule has 0 atom stereocenters. The molecule has 0 aliphatic rings. The first kappa shape index (κ1) is 23.6. The van der Waals surface area contributed by atoms with Crippen molar-refractivity contribution in [1.29, 1.82) is 0 Å². The summed E-state index contributed by atoms with van der Waals surface area (Å²) in [6.07, 6.45) is 5.71. The highest BCUT2D eigenvalue weighted by Crippen LogP contribution is 2.23. The van der Waals surface area contributed by atoms with Crippen LogP contribution < -0.4 is 5.32 Å². The quantitative estimate of drug-likeness (QED) is 0.199. The molecular weight excluding hydrogens is 426 g/mol. The first-order valence-corrected chi connectivity index (χ1v) is 10.6. The van der Waals surface area contributed by atoms with E-state index in [1.165, 1.54) is 23.9 Å². The fourth-order valence-electron chi connectivity index (χ4n) is 3.26. The zero-order chi connectivity index (χ0) is 23.6. The minimum Gasteiger partial charge on any atom is -0.469 e. The molecule has 1 amide bonds. The number of nitrogens with zero attached hydrogens (tertiary/aromatic N) is 4. The first-order chi connectivity index (χ1) is 16.0. The Morgan fingerprint density at radius 3 is 2.58 bits per heavy atom. The molecule has 172 valence electrons. The zero-order valence-corrected chi connectivity index (χ0v) is 18.3. The number of hydrogen-bond acceptors (Lipinski definition) is 7. The Morgan fingerprint density at radius 1 is 1.06 bits per heavy atom. The van der Waals surface area contributed by atoms with Gasteiger partial charge in [-0.1, -0.05) is 36.3 Å². The number of amides is 1. The van der Waals surface area contributed by atoms with Crippen molar-refractivity contribution in [2.75, 3.05) is 12.4 Å². The maximum absolute atomic E-state index is 12.3. The lowest BCUT2D eigenvalue weighted by atomic mass is 10.1. The van der Waals surface area contributed by atoms with Crippen LogP contribution in [0, 0.1) is 10.1 Å². The van der Waals surface area contributed by atoms with Crippen molar-refractivity contribution in [2.45, 2.75) is 38.5 Å². The van der Waals surface area contributed by atoms with Gasteiger partial charge in [-0.25, -0.2) is 4.68 Å². The maximum atomic E-state index is 12.3. The fourth-order valence-corrected chi connectivity index (χ4v) is 3.26. The highest BCUT2D eigenvalue weighted by molar-refractivity contribution is 5.91. The second-order valence-corrected chi connectivity index (χ2v) is 7.44. The standard InChI is InChI=1S/C23H25N5O5/c1-33-23(30)13-5-3-2-4-12-22(29)24-18-9-6-8-17(14-18)21-16-27(26-25-21)19-10-7-11-20(15-19)28(31)32/h6-11,14-16H,2-5,12-13H2,1H3,(H,24,29). The number of rotatable bonds is 11. The molecule has 0 saturated heterocycles. The Labute approximate surface area is 190 Å². The lowest BCUT2D eigenvalue weighted by Gasteiger charge is -2.06. The lowest BCUT2D eigenvalue weighted by molar-refractivity contribution is -0.384. The fraction of sp³-hybridized carbons (Fsp3) is 0.304. The maximum Gasteiger partial charge on any atom is 0.305 e. The minimum absolute atomic E-state index is 0.0299. The van der Waals surface area contributed by atoms with Crippen LogP contribution in [0.3, 0.4) is 0 Å². The second-order valence-electron chi connectivity index (χ2n) is 7.44. The predicted molar refractivity (Wildman–Crippen MR) is 122 cm³/mol. The number of nitro groups is 1. The molecule has 33 heavy (non-hydrogen) atoms. The van der Waals surface area contributed by atoms with Crippen LogP contribution in [0.15, 0.2) is 54.7 Å². The van der Waals surface area contributed by atoms with E-state index in [9.17, 15) is 19.7 Å². The van der Waals surface area contributed by atoms with Gasteiger partial charge >= 0.3 is 5.97 Å². The van der Waals surface area contributed by atoms with E-state index in [2.05, 4.69) is 20.4 Å². The van der Waals surface area contributed by atoms with Gasteiger partial charge in [-0.15, -0.1) is 5.10 Å². The Balaban J connectivity index is 1.55. The van der Waals surface area contributed by atoms with E-state index in [0.717, 1.165) is 31.2 Å². The molecule has 0 bridgehead atoms. The summed E-state index contributed by atoms with van der Waals surface area (Å²) in [5.41, 5.74) is 2.47. The molecule has 2 aromatic carbocycles. The molecule has 0 unspecified atom stereocenters. The van der Waals surface area contributed by atoms with E-state index in [0.29, 0.717) is 29.9 Å². The summed E-state index contributed by atoms with van der Waals surface area (Å²) in [7, 11) is 1.38. The van der Waals surface area contributed by atoms with Crippen molar-refractivity contribution in [3.63, 3.8) is 0 Å². The Morgan fingerprint density at radius 2 is 1.82 bits per heavy atom. The molecule has 1 aromatic heterocycles. The van der Waals surface area contributed by atoms with E-state index in [-0.39, 0.29) is 17.6 Å². The number of anilines is 1. The number of carbonyl (C=O) groups excluding carboxylic acids is 2. The number of methoxy groups -OCH3 is 1. The summed E-state index contributed by atoms with van der Waals surface area (Å²) >= 11 is 0. The van der Waals surface area contributed by atoms with Gasteiger partial charge in [0.05, 0.1) is 23.9 Å². The number of nitrogens with one attached hydrogen (secondary N) is 1. The van der Waals surface area contributed by atoms with Gasteiger partial charge in [0.15, 0.2) is 0 Å². The number of unbranched alkanes of at least 4 members (excludes halogenated alkanes) is 3. The van der Waals surface area contributed by atoms with Gasteiger partial charge in [-0.2, -0.15) is 0 Å². The van der Waals surface area contributed by atoms with Crippen LogP contribution in [-0.4, -0.2) is 38.9 Å². The van der Waals surface area contributed by atoms with Crippen molar-refractivity contribution in [3.8, 4) is 16.9 Å². The van der Waals surface area contributed by atoms with Crippen LogP contribution in [0.2, 0.25) is 0 Å². The largest absolute Gasteiger partial charge is 0.469 e. The molecule has 1 heterocycles. The molecule has 0 saturated carbocycles. The molecule has 1 N–H and O–H groups in total. The van der Waals surface area contributed by atoms with E-state index in [4.69, 9.17) is 0 Å². The smallest absolute Gasteiger partial charge is 0.305 e. The van der Waals surface area contributed by atoms with E-state index in [1.54, 1.807) is 30.5 Å². The minimum atomic E-state index is -0.462. The monoisotopic (exact) mass is 451 g/mol. The molecule has 10 nitrogen and oxygen atoms in total. The van der Waals surface area contributed by atoms with Crippen molar-refractivity contribution in [3.05, 3.63) is 64.8 Å². The molecule has 0 radical (unpaired) electrons. The Hall–Kier alpha value is -4.08. The number of hydrogen-bond donors (Lipinski definition) is 1. The van der Waals surface area contributed by atoms with Crippen LogP contribution in [-0.2, 0) is 14.3 Å². The van der Waals surface area contributed by atoms with E-state index >= 15 is 0 Å². The lowest BCUT2D eigenvalue weighted by Crippen LogP contribution is -2.11. The van der Waals surface area contributed by atoms with Gasteiger partial charge in [0.2, 0.25) is 5.91 Å². The SMILES string of the molecule is COC(=O)CCCCCCC(=O)Nc1cccc(-c2cn(-c3cccc([N+](=O)[O-])c3)nn2)c1. The van der Waals surface area contributed by atoms with Crippen LogP contribution in [0.25, 0.3) is 16.9 Å². The van der Waals surface area contributed by atoms with Crippen LogP contribution in [0.4, 0.5) is 11.4 Å². The van der Waals surface area contributed by atoms with Crippen LogP contribution in [0.5, 0.6) is 0 Å². The normalized spacial score (nSPS) is 10.6. The van der Waals surface area contributed by atoms with Gasteiger partial charge in [0.1, 0.15) is 5.69 Å². The third kappa shape index (κ3) is 6.96. The molecule has 0 aliphatic heterocycles. The average molecular weight is 451 g/mol. The number of ether oxygens (including phenoxy) is 1. The number of aromatic nitrogens is 3. The van der Waals surface area contributed by atoms with Crippen LogP contribution in [0.1, 0.15) is 38.5 Å². The van der Waals surface area contributed by atoms with Crippen molar-refractivity contribution >= 4 is 23.3 Å². The van der Waals surface area contributed by atoms with Crippen molar-refractivity contribution < 1.29 is 19.2 Å². The zero-order valence-electron chi connectivity index (χ0n) is 18.3. The molecule has 10 heteroatoms. The van der Waals surface area contributed by atoms with Gasteiger partial charge in [0.25, 0.3) is 5.69 Å². The summed E-state index contributed by atoms with van der Waals surface area (Å²) in [6, 6.07) is 13.4. The number of carbonyl (C=O) groups is 2. The molecule has 0 aliphatic carbocycles. The van der Waals surface area contributed by atoms with Gasteiger partial charge in [-0.3, -0.25) is 19.7 Å². The molecule has 3 rings (SSSR count). The number of benzene rings is 2. The predicted octanol–water partition coefficient (Wildman–Crippen LogP) is 4.29. The van der Waals surface area contributed by atoms with Gasteiger partial charge in [-0.05, 0) is 31.0 Å². The van der Waals surface area contributed by atoms with Gasteiger partial charge in [0, 0.05) is 36.2 Å². The Kier molecular flexibility index (Phi) is 8.23. The summed E-state index contributed by atoms with van der Waals surface area (Å²) in [6.45, 7) is 0. The topological polar surface area (TPSA) is 129 Å². The number of esters is 1. The van der Waals surface area contributed by atoms with Crippen molar-refractivity contribution in [2.24, 2.45) is 0 Å². The highest BCUT2D eigenvalue weighted by Gasteiger charge is 2.11. The molecule has 0 spiro atoms. The molecular formula is C23H25N5O5.